The monoisotopic (exact) mass is 242 g/mol. The minimum Gasteiger partial charge on any atom is -0.388 e. The predicted molar refractivity (Wildman–Crippen MR) is 68.9 cm³/mol. The Balaban J connectivity index is 1.90. The molecule has 0 unspecified atom stereocenters. The molecule has 0 aliphatic heterocycles. The summed E-state index contributed by atoms with van der Waals surface area (Å²) in [7, 11) is 0. The van der Waals surface area contributed by atoms with Crippen LogP contribution in [-0.4, -0.2) is 5.11 Å². The van der Waals surface area contributed by atoms with Crippen molar-refractivity contribution in [1.82, 2.24) is 0 Å². The van der Waals surface area contributed by atoms with Crippen LogP contribution in [0.15, 0.2) is 48.5 Å². The summed E-state index contributed by atoms with van der Waals surface area (Å²) in [5.74, 6) is 0.0597. The smallest absolute Gasteiger partial charge is 0.126 e. The lowest BCUT2D eigenvalue weighted by molar-refractivity contribution is 0.173. The van der Waals surface area contributed by atoms with Gasteiger partial charge in [0, 0.05) is 0 Å². The van der Waals surface area contributed by atoms with Crippen molar-refractivity contribution in [2.45, 2.75) is 24.9 Å². The number of aliphatic hydroxyl groups is 1. The molecule has 2 aromatic rings. The van der Waals surface area contributed by atoms with Crippen LogP contribution in [0.25, 0.3) is 0 Å². The minimum atomic E-state index is -0.405. The van der Waals surface area contributed by atoms with Crippen molar-refractivity contribution in [3.8, 4) is 0 Å². The molecule has 2 heteroatoms. The summed E-state index contributed by atoms with van der Waals surface area (Å²) in [4.78, 5) is 0. The molecule has 18 heavy (non-hydrogen) atoms. The van der Waals surface area contributed by atoms with Crippen LogP contribution in [0.2, 0.25) is 0 Å². The fourth-order valence-electron chi connectivity index (χ4n) is 2.83. The number of benzene rings is 2. The van der Waals surface area contributed by atoms with Gasteiger partial charge in [0.05, 0.1) is 6.10 Å². The summed E-state index contributed by atoms with van der Waals surface area (Å²) in [5, 5.41) is 10.0. The van der Waals surface area contributed by atoms with Gasteiger partial charge < -0.3 is 5.11 Å². The van der Waals surface area contributed by atoms with Crippen molar-refractivity contribution in [2.24, 2.45) is 0 Å². The Morgan fingerprint density at radius 1 is 1.00 bits per heavy atom. The average Bonchev–Trinajstić information content (AvgIpc) is 2.70. The Morgan fingerprint density at radius 3 is 2.44 bits per heavy atom. The molecule has 1 N–H and O–H groups in total. The van der Waals surface area contributed by atoms with Crippen LogP contribution >= 0.6 is 0 Å². The molecule has 0 heterocycles. The number of hydrogen-bond donors (Lipinski definition) is 1. The van der Waals surface area contributed by atoms with Crippen molar-refractivity contribution in [1.29, 1.82) is 0 Å². The van der Waals surface area contributed by atoms with E-state index in [0.29, 0.717) is 12.8 Å². The summed E-state index contributed by atoms with van der Waals surface area (Å²) < 4.78 is 13.7. The fourth-order valence-corrected chi connectivity index (χ4v) is 2.83. The fraction of sp³-hybridized carbons (Fsp3) is 0.250. The molecule has 2 atom stereocenters. The normalized spacial score (nSPS) is 21.9. The molecule has 0 amide bonds. The van der Waals surface area contributed by atoms with E-state index >= 15 is 0 Å². The standard InChI is InChI=1S/C16H15FO/c17-15-8-4-1-5-11(15)9-12-10-16(18)14-7-3-2-6-13(12)14/h1-8,12,16,18H,9-10H2/t12-,16-/m0/s1. The lowest BCUT2D eigenvalue weighted by Crippen LogP contribution is -2.01. The quantitative estimate of drug-likeness (QED) is 0.853. The Hall–Kier alpha value is -1.67. The van der Waals surface area contributed by atoms with E-state index in [0.717, 1.165) is 16.7 Å². The summed E-state index contributed by atoms with van der Waals surface area (Å²) >= 11 is 0. The Morgan fingerprint density at radius 2 is 1.67 bits per heavy atom. The van der Waals surface area contributed by atoms with Gasteiger partial charge in [0.15, 0.2) is 0 Å². The SMILES string of the molecule is O[C@H]1C[C@H](Cc2ccccc2F)c2ccccc21. The molecule has 0 saturated carbocycles. The molecule has 0 aromatic heterocycles. The highest BCUT2D eigenvalue weighted by Crippen LogP contribution is 2.41. The lowest BCUT2D eigenvalue weighted by atomic mass is 9.93. The topological polar surface area (TPSA) is 20.2 Å². The van der Waals surface area contributed by atoms with Crippen molar-refractivity contribution in [3.05, 3.63) is 71.0 Å². The van der Waals surface area contributed by atoms with Crippen molar-refractivity contribution >= 4 is 0 Å². The molecule has 0 spiro atoms. The Bertz CT molecular complexity index is 565. The summed E-state index contributed by atoms with van der Waals surface area (Å²) in [6, 6.07) is 14.8. The molecule has 2 aromatic carbocycles. The summed E-state index contributed by atoms with van der Waals surface area (Å²) in [5.41, 5.74) is 2.89. The third-order valence-electron chi connectivity index (χ3n) is 3.73. The van der Waals surface area contributed by atoms with Gasteiger partial charge in [-0.05, 0) is 41.5 Å². The Kier molecular flexibility index (Phi) is 2.88. The van der Waals surface area contributed by atoms with Gasteiger partial charge >= 0.3 is 0 Å². The first-order valence-electron chi connectivity index (χ1n) is 6.26. The van der Waals surface area contributed by atoms with Gasteiger partial charge in [-0.3, -0.25) is 0 Å². The number of fused-ring (bicyclic) bond motifs is 1. The van der Waals surface area contributed by atoms with Crippen molar-refractivity contribution < 1.29 is 9.50 Å². The summed E-state index contributed by atoms with van der Waals surface area (Å²) in [6.45, 7) is 0. The van der Waals surface area contributed by atoms with Crippen LogP contribution < -0.4 is 0 Å². The van der Waals surface area contributed by atoms with Crippen LogP contribution in [0.4, 0.5) is 4.39 Å². The zero-order valence-electron chi connectivity index (χ0n) is 10.0. The molecule has 3 rings (SSSR count). The van der Waals surface area contributed by atoms with E-state index in [4.69, 9.17) is 0 Å². The maximum atomic E-state index is 13.7. The van der Waals surface area contributed by atoms with Gasteiger partial charge in [-0.25, -0.2) is 4.39 Å². The molecular formula is C16H15FO. The van der Waals surface area contributed by atoms with Crippen LogP contribution in [0.1, 0.15) is 35.1 Å². The third-order valence-corrected chi connectivity index (χ3v) is 3.73. The second kappa shape index (κ2) is 4.54. The first-order valence-corrected chi connectivity index (χ1v) is 6.26. The van der Waals surface area contributed by atoms with Crippen LogP contribution in [0.5, 0.6) is 0 Å². The van der Waals surface area contributed by atoms with Crippen molar-refractivity contribution in [2.75, 3.05) is 0 Å². The maximum absolute atomic E-state index is 13.7. The predicted octanol–water partition coefficient (Wildman–Crippen LogP) is 3.59. The second-order valence-corrected chi connectivity index (χ2v) is 4.87. The Labute approximate surface area is 106 Å². The van der Waals surface area contributed by atoms with Gasteiger partial charge in [-0.15, -0.1) is 0 Å². The van der Waals surface area contributed by atoms with Gasteiger partial charge in [0.1, 0.15) is 5.82 Å². The molecule has 0 radical (unpaired) electrons. The van der Waals surface area contributed by atoms with E-state index in [1.165, 1.54) is 6.07 Å². The molecule has 1 aliphatic carbocycles. The lowest BCUT2D eigenvalue weighted by Gasteiger charge is -2.11. The number of aliphatic hydroxyl groups excluding tert-OH is 1. The highest BCUT2D eigenvalue weighted by molar-refractivity contribution is 5.38. The second-order valence-electron chi connectivity index (χ2n) is 4.87. The first kappa shape index (κ1) is 11.4. The highest BCUT2D eigenvalue weighted by Gasteiger charge is 2.29. The zero-order chi connectivity index (χ0) is 12.5. The molecule has 0 saturated heterocycles. The number of halogens is 1. The zero-order valence-corrected chi connectivity index (χ0v) is 10.0. The highest BCUT2D eigenvalue weighted by atomic mass is 19.1. The number of rotatable bonds is 2. The first-order chi connectivity index (χ1) is 8.75. The minimum absolute atomic E-state index is 0.156. The molecule has 1 nitrogen and oxygen atoms in total. The largest absolute Gasteiger partial charge is 0.388 e. The van der Waals surface area contributed by atoms with E-state index < -0.39 is 6.10 Å². The molecular weight excluding hydrogens is 227 g/mol. The van der Waals surface area contributed by atoms with Gasteiger partial charge in [-0.2, -0.15) is 0 Å². The van der Waals surface area contributed by atoms with Gasteiger partial charge in [0.25, 0.3) is 0 Å². The molecule has 92 valence electrons. The van der Waals surface area contributed by atoms with E-state index in [-0.39, 0.29) is 11.7 Å². The van der Waals surface area contributed by atoms with Crippen LogP contribution in [-0.2, 0) is 6.42 Å². The summed E-state index contributed by atoms with van der Waals surface area (Å²) in [6.07, 6.45) is 0.937. The van der Waals surface area contributed by atoms with Crippen LogP contribution in [0.3, 0.4) is 0 Å². The molecule has 0 fully saturated rings. The van der Waals surface area contributed by atoms with Gasteiger partial charge in [0.2, 0.25) is 0 Å². The third kappa shape index (κ3) is 1.93. The maximum Gasteiger partial charge on any atom is 0.126 e. The van der Waals surface area contributed by atoms with E-state index in [2.05, 4.69) is 0 Å². The van der Waals surface area contributed by atoms with E-state index in [9.17, 15) is 9.50 Å². The van der Waals surface area contributed by atoms with Crippen LogP contribution in [0, 0.1) is 5.82 Å². The number of hydrogen-bond acceptors (Lipinski definition) is 1. The van der Waals surface area contributed by atoms with Gasteiger partial charge in [-0.1, -0.05) is 42.5 Å². The average molecular weight is 242 g/mol. The van der Waals surface area contributed by atoms with E-state index in [1.807, 2.05) is 36.4 Å². The molecule has 0 bridgehead atoms. The molecule has 1 aliphatic rings. The van der Waals surface area contributed by atoms with E-state index in [1.54, 1.807) is 6.07 Å². The van der Waals surface area contributed by atoms with Crippen molar-refractivity contribution in [3.63, 3.8) is 0 Å².